The van der Waals surface area contributed by atoms with Crippen LogP contribution in [-0.4, -0.2) is 59.6 Å². The average Bonchev–Trinajstić information content (AvgIpc) is 3.26. The summed E-state index contributed by atoms with van der Waals surface area (Å²) in [6.45, 7) is 4.84. The number of anilines is 2. The molecule has 0 radical (unpaired) electrons. The number of hydrogen-bond donors (Lipinski definition) is 0. The second-order valence-corrected chi connectivity index (χ2v) is 8.79. The number of rotatable bonds is 4. The SMILES string of the molecule is Cc1ccccc1-c1ccc(N2CCN(C(=O)C3CC(=O)N(c4ccc(F)cc4)C3)CC2)nn1. The van der Waals surface area contributed by atoms with Gasteiger partial charge in [0.2, 0.25) is 11.8 Å². The third-order valence-electron chi connectivity index (χ3n) is 6.60. The third kappa shape index (κ3) is 4.35. The molecule has 1 aromatic heterocycles. The number of aromatic nitrogens is 2. The van der Waals surface area contributed by atoms with Gasteiger partial charge >= 0.3 is 0 Å². The number of aryl methyl sites for hydroxylation is 1. The Kier molecular flexibility index (Phi) is 5.96. The van der Waals surface area contributed by atoms with Gasteiger partial charge in [0.1, 0.15) is 5.82 Å². The van der Waals surface area contributed by atoms with Gasteiger partial charge in [0, 0.05) is 50.4 Å². The van der Waals surface area contributed by atoms with Crippen molar-refractivity contribution in [2.45, 2.75) is 13.3 Å². The maximum absolute atomic E-state index is 13.2. The van der Waals surface area contributed by atoms with Crippen LogP contribution in [-0.2, 0) is 9.59 Å². The summed E-state index contributed by atoms with van der Waals surface area (Å²) < 4.78 is 13.2. The lowest BCUT2D eigenvalue weighted by Crippen LogP contribution is -2.51. The molecule has 174 valence electrons. The molecule has 5 rings (SSSR count). The Hall–Kier alpha value is -3.81. The lowest BCUT2D eigenvalue weighted by molar-refractivity contribution is -0.136. The van der Waals surface area contributed by atoms with E-state index in [-0.39, 0.29) is 30.0 Å². The van der Waals surface area contributed by atoms with Gasteiger partial charge in [0.15, 0.2) is 5.82 Å². The van der Waals surface area contributed by atoms with Gasteiger partial charge in [-0.25, -0.2) is 4.39 Å². The number of carbonyl (C=O) groups is 2. The second kappa shape index (κ2) is 9.21. The standard InChI is InChI=1S/C26H26FN5O2/c1-18-4-2-3-5-22(18)23-10-11-24(29-28-23)30-12-14-31(15-13-30)26(34)19-16-25(33)32(17-19)21-8-6-20(27)7-9-21/h2-11,19H,12-17H2,1H3. The minimum Gasteiger partial charge on any atom is -0.352 e. The Morgan fingerprint density at radius 2 is 1.68 bits per heavy atom. The lowest BCUT2D eigenvalue weighted by Gasteiger charge is -2.36. The molecule has 7 nitrogen and oxygen atoms in total. The van der Waals surface area contributed by atoms with Gasteiger partial charge in [0.25, 0.3) is 0 Å². The fraction of sp³-hybridized carbons (Fsp3) is 0.308. The summed E-state index contributed by atoms with van der Waals surface area (Å²) in [6, 6.07) is 17.8. The highest BCUT2D eigenvalue weighted by molar-refractivity contribution is 6.00. The van der Waals surface area contributed by atoms with Crippen molar-refractivity contribution >= 4 is 23.3 Å². The highest BCUT2D eigenvalue weighted by Crippen LogP contribution is 2.27. The number of nitrogens with zero attached hydrogens (tertiary/aromatic N) is 5. The first-order valence-corrected chi connectivity index (χ1v) is 11.5. The predicted octanol–water partition coefficient (Wildman–Crippen LogP) is 3.29. The minimum absolute atomic E-state index is 0.00130. The molecule has 0 N–H and O–H groups in total. The fourth-order valence-electron chi connectivity index (χ4n) is 4.66. The quantitative estimate of drug-likeness (QED) is 0.599. The molecular weight excluding hydrogens is 433 g/mol. The molecule has 8 heteroatoms. The van der Waals surface area contributed by atoms with Crippen molar-refractivity contribution in [2.75, 3.05) is 42.5 Å². The maximum atomic E-state index is 13.2. The Morgan fingerprint density at radius 1 is 0.941 bits per heavy atom. The first-order chi connectivity index (χ1) is 16.5. The molecule has 0 saturated carbocycles. The van der Waals surface area contributed by atoms with Gasteiger partial charge in [0.05, 0.1) is 11.6 Å². The molecule has 2 aliphatic rings. The van der Waals surface area contributed by atoms with Crippen LogP contribution in [0.3, 0.4) is 0 Å². The molecule has 3 aromatic rings. The second-order valence-electron chi connectivity index (χ2n) is 8.79. The van der Waals surface area contributed by atoms with E-state index in [0.717, 1.165) is 22.6 Å². The minimum atomic E-state index is -0.378. The van der Waals surface area contributed by atoms with E-state index in [1.807, 2.05) is 35.2 Å². The van der Waals surface area contributed by atoms with Gasteiger partial charge in [-0.2, -0.15) is 0 Å². The molecule has 2 fully saturated rings. The number of halogens is 1. The van der Waals surface area contributed by atoms with Gasteiger partial charge in [-0.15, -0.1) is 10.2 Å². The highest BCUT2D eigenvalue weighted by atomic mass is 19.1. The van der Waals surface area contributed by atoms with Gasteiger partial charge in [-0.05, 0) is 48.9 Å². The van der Waals surface area contributed by atoms with Gasteiger partial charge in [-0.1, -0.05) is 24.3 Å². The van der Waals surface area contributed by atoms with Crippen molar-refractivity contribution in [3.63, 3.8) is 0 Å². The predicted molar refractivity (Wildman–Crippen MR) is 128 cm³/mol. The zero-order valence-electron chi connectivity index (χ0n) is 19.0. The van der Waals surface area contributed by atoms with E-state index < -0.39 is 0 Å². The summed E-state index contributed by atoms with van der Waals surface area (Å²) in [6.07, 6.45) is 0.183. The molecule has 0 aliphatic carbocycles. The molecule has 34 heavy (non-hydrogen) atoms. The summed E-state index contributed by atoms with van der Waals surface area (Å²) in [5.41, 5.74) is 3.68. The van der Waals surface area contributed by atoms with E-state index in [2.05, 4.69) is 28.1 Å². The molecule has 3 heterocycles. The average molecular weight is 460 g/mol. The van der Waals surface area contributed by atoms with Crippen molar-refractivity contribution in [3.05, 3.63) is 72.0 Å². The first-order valence-electron chi connectivity index (χ1n) is 11.5. The van der Waals surface area contributed by atoms with E-state index in [1.165, 1.54) is 12.1 Å². The Balaban J connectivity index is 1.18. The van der Waals surface area contributed by atoms with E-state index >= 15 is 0 Å². The molecule has 1 unspecified atom stereocenters. The van der Waals surface area contributed by atoms with Crippen molar-refractivity contribution in [3.8, 4) is 11.3 Å². The molecule has 0 bridgehead atoms. The Bertz CT molecular complexity index is 1190. The number of piperazine rings is 1. The molecule has 2 amide bonds. The molecule has 2 saturated heterocycles. The summed E-state index contributed by atoms with van der Waals surface area (Å²) >= 11 is 0. The molecule has 2 aromatic carbocycles. The molecule has 2 aliphatic heterocycles. The van der Waals surface area contributed by atoms with Crippen LogP contribution in [0.4, 0.5) is 15.9 Å². The summed E-state index contributed by atoms with van der Waals surface area (Å²) in [4.78, 5) is 31.1. The van der Waals surface area contributed by atoms with Crippen LogP contribution in [0.1, 0.15) is 12.0 Å². The third-order valence-corrected chi connectivity index (χ3v) is 6.60. The smallest absolute Gasteiger partial charge is 0.228 e. The van der Waals surface area contributed by atoms with Crippen molar-refractivity contribution in [1.82, 2.24) is 15.1 Å². The van der Waals surface area contributed by atoms with Crippen molar-refractivity contribution in [1.29, 1.82) is 0 Å². The van der Waals surface area contributed by atoms with Gasteiger partial charge in [-0.3, -0.25) is 9.59 Å². The number of amides is 2. The van der Waals surface area contributed by atoms with E-state index in [1.54, 1.807) is 17.0 Å². The molecule has 0 spiro atoms. The van der Waals surface area contributed by atoms with E-state index in [0.29, 0.717) is 38.4 Å². The number of carbonyl (C=O) groups excluding carboxylic acids is 2. The van der Waals surface area contributed by atoms with E-state index in [9.17, 15) is 14.0 Å². The normalized spacial score (nSPS) is 18.5. The summed E-state index contributed by atoms with van der Waals surface area (Å²) in [5.74, 6) is -0.0399. The highest BCUT2D eigenvalue weighted by Gasteiger charge is 2.38. The first kappa shape index (κ1) is 22.0. The van der Waals surface area contributed by atoms with Crippen molar-refractivity contribution in [2.24, 2.45) is 5.92 Å². The van der Waals surface area contributed by atoms with Crippen LogP contribution in [0.15, 0.2) is 60.7 Å². The van der Waals surface area contributed by atoms with Crippen LogP contribution < -0.4 is 9.80 Å². The largest absolute Gasteiger partial charge is 0.352 e. The summed E-state index contributed by atoms with van der Waals surface area (Å²) in [7, 11) is 0. The zero-order chi connectivity index (χ0) is 23.7. The molecule has 1 atom stereocenters. The zero-order valence-corrected chi connectivity index (χ0v) is 19.0. The Labute approximate surface area is 197 Å². The lowest BCUT2D eigenvalue weighted by atomic mass is 10.1. The van der Waals surface area contributed by atoms with Crippen LogP contribution in [0.2, 0.25) is 0 Å². The summed E-state index contributed by atoms with van der Waals surface area (Å²) in [5, 5.41) is 8.84. The van der Waals surface area contributed by atoms with E-state index in [4.69, 9.17) is 0 Å². The van der Waals surface area contributed by atoms with Crippen LogP contribution in [0.5, 0.6) is 0 Å². The topological polar surface area (TPSA) is 69.6 Å². The van der Waals surface area contributed by atoms with Gasteiger partial charge < -0.3 is 14.7 Å². The van der Waals surface area contributed by atoms with Crippen LogP contribution in [0, 0.1) is 18.7 Å². The van der Waals surface area contributed by atoms with Crippen molar-refractivity contribution < 1.29 is 14.0 Å². The van der Waals surface area contributed by atoms with Crippen LogP contribution >= 0.6 is 0 Å². The van der Waals surface area contributed by atoms with Crippen LogP contribution in [0.25, 0.3) is 11.3 Å². The number of hydrogen-bond acceptors (Lipinski definition) is 5. The fourth-order valence-corrected chi connectivity index (χ4v) is 4.66. The Morgan fingerprint density at radius 3 is 2.35 bits per heavy atom. The number of benzene rings is 2. The monoisotopic (exact) mass is 459 g/mol. The molecular formula is C26H26FN5O2. The maximum Gasteiger partial charge on any atom is 0.228 e.